The Labute approximate surface area is 154 Å². The maximum Gasteiger partial charge on any atom is 0.326 e. The maximum atomic E-state index is 13.0. The first kappa shape index (κ1) is 19.4. The molecule has 0 aliphatic rings. The maximum absolute atomic E-state index is 13.0. The first-order chi connectivity index (χ1) is 12.4. The van der Waals surface area contributed by atoms with E-state index in [1.165, 1.54) is 13.0 Å². The molecule has 1 atom stereocenters. The van der Waals surface area contributed by atoms with Crippen LogP contribution >= 0.6 is 11.6 Å². The minimum Gasteiger partial charge on any atom is -0.451 e. The van der Waals surface area contributed by atoms with Crippen LogP contribution in [0.4, 0.5) is 10.1 Å². The normalized spacial score (nSPS) is 11.3. The van der Waals surface area contributed by atoms with Crippen molar-refractivity contribution in [2.45, 2.75) is 13.0 Å². The number of amides is 2. The molecule has 26 heavy (non-hydrogen) atoms. The summed E-state index contributed by atoms with van der Waals surface area (Å²) in [5.74, 6) is -2.39. The molecule has 2 rings (SSSR count). The van der Waals surface area contributed by atoms with Crippen LogP contribution in [0.15, 0.2) is 48.5 Å². The van der Waals surface area contributed by atoms with E-state index in [1.54, 1.807) is 30.3 Å². The molecule has 0 saturated heterocycles. The van der Waals surface area contributed by atoms with Crippen molar-refractivity contribution in [1.82, 2.24) is 5.32 Å². The number of rotatable bonds is 6. The average molecular weight is 379 g/mol. The molecule has 0 aliphatic carbocycles. The average Bonchev–Trinajstić information content (AvgIpc) is 2.62. The molecule has 8 heteroatoms. The van der Waals surface area contributed by atoms with E-state index < -0.39 is 29.7 Å². The van der Waals surface area contributed by atoms with Crippen molar-refractivity contribution in [3.63, 3.8) is 0 Å². The lowest BCUT2D eigenvalue weighted by atomic mass is 10.2. The van der Waals surface area contributed by atoms with Crippen molar-refractivity contribution in [3.8, 4) is 0 Å². The molecule has 2 N–H and O–H groups in total. The van der Waals surface area contributed by atoms with Gasteiger partial charge in [0.1, 0.15) is 12.4 Å². The molecule has 0 radical (unpaired) electrons. The van der Waals surface area contributed by atoms with E-state index in [2.05, 4.69) is 10.6 Å². The van der Waals surface area contributed by atoms with Crippen LogP contribution in [0.5, 0.6) is 0 Å². The first-order valence-electron chi connectivity index (χ1n) is 7.65. The number of benzene rings is 2. The molecule has 0 heterocycles. The number of esters is 1. The van der Waals surface area contributed by atoms with Gasteiger partial charge in [0.2, 0.25) is 0 Å². The van der Waals surface area contributed by atoms with Crippen molar-refractivity contribution in [1.29, 1.82) is 0 Å². The van der Waals surface area contributed by atoms with E-state index in [-0.39, 0.29) is 17.3 Å². The highest BCUT2D eigenvalue weighted by Gasteiger charge is 2.19. The topological polar surface area (TPSA) is 84.5 Å². The second-order valence-corrected chi connectivity index (χ2v) is 5.70. The van der Waals surface area contributed by atoms with Crippen LogP contribution in [-0.4, -0.2) is 30.4 Å². The summed E-state index contributed by atoms with van der Waals surface area (Å²) in [6, 6.07) is 11.8. The fourth-order valence-electron chi connectivity index (χ4n) is 1.96. The molecule has 0 aliphatic heterocycles. The van der Waals surface area contributed by atoms with Gasteiger partial charge in [-0.1, -0.05) is 29.8 Å². The number of nitrogens with one attached hydrogen (secondary N) is 2. The van der Waals surface area contributed by atoms with Crippen molar-refractivity contribution in [3.05, 3.63) is 64.9 Å². The Balaban J connectivity index is 1.82. The molecular weight excluding hydrogens is 363 g/mol. The zero-order chi connectivity index (χ0) is 19.1. The molecule has 0 spiro atoms. The summed E-state index contributed by atoms with van der Waals surface area (Å²) in [6.07, 6.45) is -1.13. The molecule has 136 valence electrons. The van der Waals surface area contributed by atoms with Gasteiger partial charge in [-0.2, -0.15) is 0 Å². The van der Waals surface area contributed by atoms with E-state index in [9.17, 15) is 18.8 Å². The zero-order valence-corrected chi connectivity index (χ0v) is 14.5. The summed E-state index contributed by atoms with van der Waals surface area (Å²) in [5, 5.41) is 4.85. The van der Waals surface area contributed by atoms with Gasteiger partial charge in [0.05, 0.1) is 10.7 Å². The van der Waals surface area contributed by atoms with E-state index in [4.69, 9.17) is 16.3 Å². The Morgan fingerprint density at radius 3 is 2.50 bits per heavy atom. The van der Waals surface area contributed by atoms with Gasteiger partial charge in [0.15, 0.2) is 6.10 Å². The van der Waals surface area contributed by atoms with E-state index in [1.807, 2.05) is 0 Å². The molecule has 0 fully saturated rings. The number of carbonyl (C=O) groups is 3. The highest BCUT2D eigenvalue weighted by Crippen LogP contribution is 2.22. The van der Waals surface area contributed by atoms with Gasteiger partial charge in [-0.15, -0.1) is 0 Å². The van der Waals surface area contributed by atoms with Crippen molar-refractivity contribution in [2.75, 3.05) is 11.9 Å². The third-order valence-corrected chi connectivity index (χ3v) is 3.61. The third-order valence-electron chi connectivity index (χ3n) is 3.30. The Morgan fingerprint density at radius 1 is 1.15 bits per heavy atom. The second-order valence-electron chi connectivity index (χ2n) is 5.29. The Hall–Kier alpha value is -2.93. The minimum atomic E-state index is -1.13. The van der Waals surface area contributed by atoms with Crippen molar-refractivity contribution >= 4 is 35.1 Å². The highest BCUT2D eigenvalue weighted by atomic mass is 35.5. The fraction of sp³-hybridized carbons (Fsp3) is 0.167. The number of hydrogen-bond acceptors (Lipinski definition) is 4. The summed E-state index contributed by atoms with van der Waals surface area (Å²) in [6.45, 7) is 0.979. The zero-order valence-electron chi connectivity index (χ0n) is 13.8. The van der Waals surface area contributed by atoms with Crippen LogP contribution in [0.2, 0.25) is 5.02 Å². The van der Waals surface area contributed by atoms with Crippen LogP contribution in [0, 0.1) is 5.82 Å². The van der Waals surface area contributed by atoms with Gasteiger partial charge in [0, 0.05) is 5.56 Å². The van der Waals surface area contributed by atoms with Crippen molar-refractivity contribution in [2.24, 2.45) is 0 Å². The fourth-order valence-corrected chi connectivity index (χ4v) is 2.18. The lowest BCUT2D eigenvalue weighted by Crippen LogP contribution is -2.35. The molecule has 2 amide bonds. The van der Waals surface area contributed by atoms with Crippen LogP contribution < -0.4 is 10.6 Å². The number of hydrogen-bond donors (Lipinski definition) is 2. The standard InChI is InChI=1S/C18H16ClFN2O4/c1-11(17(24)22-15-8-7-13(20)9-14(15)19)26-16(23)10-21-18(25)12-5-3-2-4-6-12/h2-9,11H,10H2,1H3,(H,21,25)(H,22,24)/t11-/m0/s1. The van der Waals surface area contributed by atoms with Gasteiger partial charge in [-0.3, -0.25) is 14.4 Å². The predicted octanol–water partition coefficient (Wildman–Crippen LogP) is 2.78. The monoisotopic (exact) mass is 378 g/mol. The number of halogens is 2. The molecule has 2 aromatic carbocycles. The number of ether oxygens (including phenoxy) is 1. The Kier molecular flexibility index (Phi) is 6.68. The quantitative estimate of drug-likeness (QED) is 0.757. The van der Waals surface area contributed by atoms with Gasteiger partial charge >= 0.3 is 5.97 Å². The summed E-state index contributed by atoms with van der Waals surface area (Å²) in [5.41, 5.74) is 0.593. The van der Waals surface area contributed by atoms with Gasteiger partial charge in [-0.05, 0) is 37.3 Å². The summed E-state index contributed by atoms with van der Waals surface area (Å²) in [7, 11) is 0. The van der Waals surface area contributed by atoms with E-state index >= 15 is 0 Å². The summed E-state index contributed by atoms with van der Waals surface area (Å²) < 4.78 is 17.9. The van der Waals surface area contributed by atoms with Gasteiger partial charge in [0.25, 0.3) is 11.8 Å². The molecule has 2 aromatic rings. The van der Waals surface area contributed by atoms with Crippen molar-refractivity contribution < 1.29 is 23.5 Å². The van der Waals surface area contributed by atoms with Crippen LogP contribution in [-0.2, 0) is 14.3 Å². The lowest BCUT2D eigenvalue weighted by Gasteiger charge is -2.14. The third kappa shape index (κ3) is 5.56. The smallest absolute Gasteiger partial charge is 0.326 e. The molecular formula is C18H16ClFN2O4. The summed E-state index contributed by atoms with van der Waals surface area (Å²) >= 11 is 5.82. The SMILES string of the molecule is C[C@H](OC(=O)CNC(=O)c1ccccc1)C(=O)Nc1ccc(F)cc1Cl. The minimum absolute atomic E-state index is 0.0204. The van der Waals surface area contributed by atoms with Gasteiger partial charge < -0.3 is 15.4 Å². The molecule has 6 nitrogen and oxygen atoms in total. The Morgan fingerprint density at radius 2 is 1.85 bits per heavy atom. The number of carbonyl (C=O) groups excluding carboxylic acids is 3. The van der Waals surface area contributed by atoms with Crippen LogP contribution in [0.25, 0.3) is 0 Å². The lowest BCUT2D eigenvalue weighted by molar-refractivity contribution is -0.152. The summed E-state index contributed by atoms with van der Waals surface area (Å²) in [4.78, 5) is 35.6. The molecule has 0 unspecified atom stereocenters. The Bertz CT molecular complexity index is 814. The number of anilines is 1. The molecule has 0 aromatic heterocycles. The molecule has 0 saturated carbocycles. The van der Waals surface area contributed by atoms with Crippen LogP contribution in [0.1, 0.15) is 17.3 Å². The second kappa shape index (κ2) is 8.96. The van der Waals surface area contributed by atoms with E-state index in [0.29, 0.717) is 5.56 Å². The highest BCUT2D eigenvalue weighted by molar-refractivity contribution is 6.33. The van der Waals surface area contributed by atoms with Crippen LogP contribution in [0.3, 0.4) is 0 Å². The largest absolute Gasteiger partial charge is 0.451 e. The molecule has 0 bridgehead atoms. The predicted molar refractivity (Wildman–Crippen MR) is 94.4 cm³/mol. The van der Waals surface area contributed by atoms with E-state index in [0.717, 1.165) is 12.1 Å². The van der Waals surface area contributed by atoms with Gasteiger partial charge in [-0.25, -0.2) is 4.39 Å². The first-order valence-corrected chi connectivity index (χ1v) is 8.03.